The number of carboxylic acid groups (broad SMARTS) is 1. The van der Waals surface area contributed by atoms with Crippen LogP contribution in [-0.2, 0) is 25.2 Å². The first kappa shape index (κ1) is 23.4. The van der Waals surface area contributed by atoms with E-state index < -0.39 is 16.0 Å². The summed E-state index contributed by atoms with van der Waals surface area (Å²) in [7, 11) is -0.908. The standard InChI is InChI=1S/C20H25NO6S2/c1-26-12-10-21(11-13-27-2)29(24,25)17-8-9-19(18(14-17)20(22)23)28-15-16-6-4-3-5-7-16/h3-9,14H,10-13,15H2,1-2H3,(H,22,23). The first-order chi connectivity index (χ1) is 13.9. The fourth-order valence-electron chi connectivity index (χ4n) is 2.59. The Morgan fingerprint density at radius 1 is 1.03 bits per heavy atom. The van der Waals surface area contributed by atoms with E-state index >= 15 is 0 Å². The molecule has 0 saturated carbocycles. The van der Waals surface area contributed by atoms with Crippen LogP contribution in [0.2, 0.25) is 0 Å². The van der Waals surface area contributed by atoms with Crippen molar-refractivity contribution in [3.63, 3.8) is 0 Å². The van der Waals surface area contributed by atoms with E-state index in [1.165, 1.54) is 42.4 Å². The molecule has 0 aliphatic rings. The molecule has 0 heterocycles. The van der Waals surface area contributed by atoms with Gasteiger partial charge >= 0.3 is 5.97 Å². The molecule has 2 aromatic rings. The van der Waals surface area contributed by atoms with Gasteiger partial charge in [-0.05, 0) is 23.8 Å². The van der Waals surface area contributed by atoms with E-state index in [-0.39, 0.29) is 36.8 Å². The van der Waals surface area contributed by atoms with Crippen molar-refractivity contribution in [2.75, 3.05) is 40.5 Å². The van der Waals surface area contributed by atoms with Gasteiger partial charge in [0.15, 0.2) is 0 Å². The maximum atomic E-state index is 13.0. The van der Waals surface area contributed by atoms with Gasteiger partial charge in [-0.2, -0.15) is 4.31 Å². The molecule has 1 N–H and O–H groups in total. The Morgan fingerprint density at radius 2 is 1.66 bits per heavy atom. The Balaban J connectivity index is 2.29. The van der Waals surface area contributed by atoms with Crippen LogP contribution in [0.3, 0.4) is 0 Å². The summed E-state index contributed by atoms with van der Waals surface area (Å²) < 4.78 is 37.3. The molecular formula is C20H25NO6S2. The lowest BCUT2D eigenvalue weighted by Gasteiger charge is -2.22. The second kappa shape index (κ2) is 11.3. The fourth-order valence-corrected chi connectivity index (χ4v) is 5.00. The first-order valence-electron chi connectivity index (χ1n) is 8.92. The summed E-state index contributed by atoms with van der Waals surface area (Å²) in [4.78, 5) is 12.2. The summed E-state index contributed by atoms with van der Waals surface area (Å²) in [5.41, 5.74) is 1.02. The number of ether oxygens (including phenoxy) is 2. The Bertz CT molecular complexity index is 894. The highest BCUT2D eigenvalue weighted by atomic mass is 32.2. The number of nitrogens with zero attached hydrogens (tertiary/aromatic N) is 1. The highest BCUT2D eigenvalue weighted by Gasteiger charge is 2.26. The number of hydrogen-bond acceptors (Lipinski definition) is 6. The molecule has 2 aromatic carbocycles. The zero-order valence-corrected chi connectivity index (χ0v) is 18.0. The average molecular weight is 440 g/mol. The molecule has 0 unspecified atom stereocenters. The van der Waals surface area contributed by atoms with Gasteiger partial charge in [0.2, 0.25) is 10.0 Å². The Hall–Kier alpha value is -1.91. The zero-order valence-electron chi connectivity index (χ0n) is 16.4. The summed E-state index contributed by atoms with van der Waals surface area (Å²) in [5, 5.41) is 9.61. The van der Waals surface area contributed by atoms with Crippen LogP contribution in [-0.4, -0.2) is 64.3 Å². The van der Waals surface area contributed by atoms with Crippen molar-refractivity contribution in [1.82, 2.24) is 4.31 Å². The minimum Gasteiger partial charge on any atom is -0.478 e. The third-order valence-electron chi connectivity index (χ3n) is 4.15. The fraction of sp³-hybridized carbons (Fsp3) is 0.350. The number of carbonyl (C=O) groups is 1. The summed E-state index contributed by atoms with van der Waals surface area (Å²) in [6, 6.07) is 13.9. The summed E-state index contributed by atoms with van der Waals surface area (Å²) in [5.74, 6) is -0.584. The van der Waals surface area contributed by atoms with Gasteiger partial charge in [-0.25, -0.2) is 13.2 Å². The van der Waals surface area contributed by atoms with Crippen molar-refractivity contribution in [1.29, 1.82) is 0 Å². The van der Waals surface area contributed by atoms with Crippen molar-refractivity contribution in [3.8, 4) is 0 Å². The van der Waals surface area contributed by atoms with Crippen LogP contribution in [0.4, 0.5) is 0 Å². The molecule has 0 amide bonds. The highest BCUT2D eigenvalue weighted by Crippen LogP contribution is 2.29. The molecule has 0 bridgehead atoms. The molecular weight excluding hydrogens is 414 g/mol. The predicted octanol–water partition coefficient (Wildman–Crippen LogP) is 2.96. The lowest BCUT2D eigenvalue weighted by Crippen LogP contribution is -2.36. The van der Waals surface area contributed by atoms with Crippen LogP contribution in [0.25, 0.3) is 0 Å². The predicted molar refractivity (Wildman–Crippen MR) is 112 cm³/mol. The third kappa shape index (κ3) is 6.55. The molecule has 158 valence electrons. The van der Waals surface area contributed by atoms with Gasteiger partial charge in [-0.3, -0.25) is 0 Å². The number of sulfonamides is 1. The van der Waals surface area contributed by atoms with Gasteiger partial charge < -0.3 is 14.6 Å². The molecule has 0 aliphatic carbocycles. The van der Waals surface area contributed by atoms with E-state index in [0.29, 0.717) is 10.6 Å². The van der Waals surface area contributed by atoms with E-state index in [2.05, 4.69) is 0 Å². The number of methoxy groups -OCH3 is 2. The van der Waals surface area contributed by atoms with Crippen LogP contribution < -0.4 is 0 Å². The SMILES string of the molecule is COCCN(CCOC)S(=O)(=O)c1ccc(SCc2ccccc2)c(C(=O)O)c1. The van der Waals surface area contributed by atoms with Crippen molar-refractivity contribution in [2.24, 2.45) is 0 Å². The van der Waals surface area contributed by atoms with Gasteiger partial charge in [0.05, 0.1) is 23.7 Å². The second-order valence-corrected chi connectivity index (χ2v) is 9.08. The molecule has 0 spiro atoms. The summed E-state index contributed by atoms with van der Waals surface area (Å²) in [6.07, 6.45) is 0. The van der Waals surface area contributed by atoms with Gasteiger partial charge in [0.25, 0.3) is 0 Å². The van der Waals surface area contributed by atoms with E-state index in [0.717, 1.165) is 5.56 Å². The van der Waals surface area contributed by atoms with E-state index in [4.69, 9.17) is 9.47 Å². The van der Waals surface area contributed by atoms with Gasteiger partial charge in [-0.1, -0.05) is 30.3 Å². The minimum absolute atomic E-state index is 0.0366. The number of rotatable bonds is 12. The summed E-state index contributed by atoms with van der Waals surface area (Å²) >= 11 is 1.35. The normalized spacial score (nSPS) is 11.7. The highest BCUT2D eigenvalue weighted by molar-refractivity contribution is 7.98. The molecule has 29 heavy (non-hydrogen) atoms. The molecule has 0 aromatic heterocycles. The molecule has 2 rings (SSSR count). The lowest BCUT2D eigenvalue weighted by atomic mass is 10.2. The maximum absolute atomic E-state index is 13.0. The number of carboxylic acids is 1. The topological polar surface area (TPSA) is 93.1 Å². The van der Waals surface area contributed by atoms with Crippen molar-refractivity contribution in [3.05, 3.63) is 59.7 Å². The van der Waals surface area contributed by atoms with Crippen LogP contribution in [0.15, 0.2) is 58.3 Å². The second-order valence-electron chi connectivity index (χ2n) is 6.13. The molecule has 0 radical (unpaired) electrons. The Labute approximate surface area is 175 Å². The van der Waals surface area contributed by atoms with Crippen LogP contribution in [0, 0.1) is 0 Å². The molecule has 0 aliphatic heterocycles. The summed E-state index contributed by atoms with van der Waals surface area (Å²) in [6.45, 7) is 0.740. The number of aromatic carboxylic acids is 1. The zero-order chi connectivity index (χ0) is 21.3. The molecule has 9 heteroatoms. The van der Waals surface area contributed by atoms with Crippen molar-refractivity contribution >= 4 is 27.8 Å². The quantitative estimate of drug-likeness (QED) is 0.508. The van der Waals surface area contributed by atoms with Gasteiger partial charge in [0.1, 0.15) is 0 Å². The minimum atomic E-state index is -3.88. The number of benzene rings is 2. The van der Waals surface area contributed by atoms with E-state index in [1.54, 1.807) is 6.07 Å². The number of hydrogen-bond donors (Lipinski definition) is 1. The van der Waals surface area contributed by atoms with Crippen LogP contribution in [0.1, 0.15) is 15.9 Å². The monoisotopic (exact) mass is 439 g/mol. The Kier molecular flexibility index (Phi) is 9.12. The van der Waals surface area contributed by atoms with Crippen molar-refractivity contribution < 1.29 is 27.8 Å². The smallest absolute Gasteiger partial charge is 0.336 e. The van der Waals surface area contributed by atoms with Crippen LogP contribution in [0.5, 0.6) is 0 Å². The van der Waals surface area contributed by atoms with E-state index in [9.17, 15) is 18.3 Å². The Morgan fingerprint density at radius 3 is 2.21 bits per heavy atom. The molecule has 0 saturated heterocycles. The molecule has 7 nitrogen and oxygen atoms in total. The largest absolute Gasteiger partial charge is 0.478 e. The van der Waals surface area contributed by atoms with Crippen LogP contribution >= 0.6 is 11.8 Å². The maximum Gasteiger partial charge on any atom is 0.336 e. The van der Waals surface area contributed by atoms with Gasteiger partial charge in [-0.15, -0.1) is 11.8 Å². The van der Waals surface area contributed by atoms with Crippen molar-refractivity contribution in [2.45, 2.75) is 15.5 Å². The average Bonchev–Trinajstić information content (AvgIpc) is 2.72. The van der Waals surface area contributed by atoms with E-state index in [1.807, 2.05) is 30.3 Å². The first-order valence-corrected chi connectivity index (χ1v) is 11.3. The lowest BCUT2D eigenvalue weighted by molar-refractivity contribution is 0.0692. The third-order valence-corrected chi connectivity index (χ3v) is 7.19. The van der Waals surface area contributed by atoms with Gasteiger partial charge in [0, 0.05) is 38.0 Å². The molecule has 0 atom stereocenters. The number of thioether (sulfide) groups is 1. The molecule has 0 fully saturated rings.